The fourth-order valence-electron chi connectivity index (χ4n) is 4.72. The lowest BCUT2D eigenvalue weighted by molar-refractivity contribution is -0.156. The highest BCUT2D eigenvalue weighted by Crippen LogP contribution is 2.51. The number of carbonyl (C=O) groups excluding carboxylic acids is 2. The highest BCUT2D eigenvalue weighted by molar-refractivity contribution is 5.85. The molecule has 2 aliphatic heterocycles. The minimum Gasteiger partial charge on any atom is -0.469 e. The van der Waals surface area contributed by atoms with E-state index in [-0.39, 0.29) is 18.1 Å². The Hall–Kier alpha value is -1.92. The van der Waals surface area contributed by atoms with Crippen molar-refractivity contribution in [3.8, 4) is 0 Å². The van der Waals surface area contributed by atoms with Crippen LogP contribution in [0.5, 0.6) is 0 Å². The van der Waals surface area contributed by atoms with E-state index < -0.39 is 11.0 Å². The van der Waals surface area contributed by atoms with Crippen LogP contribution in [0.3, 0.4) is 0 Å². The van der Waals surface area contributed by atoms with Gasteiger partial charge in [-0.15, -0.1) is 0 Å². The van der Waals surface area contributed by atoms with Crippen molar-refractivity contribution < 1.29 is 19.1 Å². The van der Waals surface area contributed by atoms with Crippen LogP contribution in [-0.4, -0.2) is 60.2 Å². The third kappa shape index (κ3) is 2.91. The number of carbonyl (C=O) groups is 2. The summed E-state index contributed by atoms with van der Waals surface area (Å²) in [5.74, 6) is -0.542. The number of hydrogen-bond donors (Lipinski definition) is 0. The van der Waals surface area contributed by atoms with Crippen LogP contribution in [0.4, 0.5) is 0 Å². The second kappa shape index (κ2) is 7.00. The zero-order valence-corrected chi connectivity index (χ0v) is 16.0. The van der Waals surface area contributed by atoms with Crippen molar-refractivity contribution in [2.75, 3.05) is 26.8 Å². The van der Waals surface area contributed by atoms with Gasteiger partial charge in [-0.25, -0.2) is 0 Å². The van der Waals surface area contributed by atoms with Gasteiger partial charge in [0.25, 0.3) is 0 Å². The predicted molar refractivity (Wildman–Crippen MR) is 97.1 cm³/mol. The van der Waals surface area contributed by atoms with E-state index >= 15 is 0 Å². The van der Waals surface area contributed by atoms with E-state index in [1.54, 1.807) is 6.92 Å². The molecule has 6 nitrogen and oxygen atoms in total. The maximum atomic E-state index is 12.7. The maximum absolute atomic E-state index is 12.7. The van der Waals surface area contributed by atoms with Crippen molar-refractivity contribution in [3.63, 3.8) is 0 Å². The fourth-order valence-corrected chi connectivity index (χ4v) is 4.72. The van der Waals surface area contributed by atoms with E-state index in [1.165, 1.54) is 12.7 Å². The van der Waals surface area contributed by atoms with Crippen LogP contribution in [0.15, 0.2) is 30.3 Å². The molecule has 0 radical (unpaired) electrons. The molecule has 1 aromatic rings. The Labute approximate surface area is 155 Å². The maximum Gasteiger partial charge on any atom is 0.326 e. The van der Waals surface area contributed by atoms with Crippen molar-refractivity contribution in [3.05, 3.63) is 35.9 Å². The number of hydrogen-bond acceptors (Lipinski definition) is 6. The SMILES string of the molecule is CCOC(=O)C1(C)CC(C)(C(=O)OC)C2N(Cc3ccccc3)CCN21. The summed E-state index contributed by atoms with van der Waals surface area (Å²) in [6, 6.07) is 10.2. The average molecular weight is 360 g/mol. The van der Waals surface area contributed by atoms with E-state index in [0.717, 1.165) is 19.6 Å². The largest absolute Gasteiger partial charge is 0.469 e. The molecule has 2 aliphatic rings. The molecular formula is C20H28N2O4. The molecule has 2 heterocycles. The number of benzene rings is 1. The number of fused-ring (bicyclic) bond motifs is 1. The lowest BCUT2D eigenvalue weighted by atomic mass is 9.80. The highest BCUT2D eigenvalue weighted by Gasteiger charge is 2.66. The molecule has 3 atom stereocenters. The second-order valence-corrected chi connectivity index (χ2v) is 7.60. The first-order chi connectivity index (χ1) is 12.4. The highest BCUT2D eigenvalue weighted by atomic mass is 16.5. The van der Waals surface area contributed by atoms with Gasteiger partial charge >= 0.3 is 11.9 Å². The molecule has 2 saturated heterocycles. The van der Waals surface area contributed by atoms with Crippen LogP contribution in [0.25, 0.3) is 0 Å². The summed E-state index contributed by atoms with van der Waals surface area (Å²) in [5.41, 5.74) is -0.428. The molecule has 142 valence electrons. The Balaban J connectivity index is 1.95. The Bertz CT molecular complexity index is 680. The van der Waals surface area contributed by atoms with Crippen LogP contribution < -0.4 is 0 Å². The third-order valence-corrected chi connectivity index (χ3v) is 5.78. The summed E-state index contributed by atoms with van der Waals surface area (Å²) < 4.78 is 10.5. The van der Waals surface area contributed by atoms with E-state index in [0.29, 0.717) is 13.0 Å². The summed E-state index contributed by atoms with van der Waals surface area (Å²) in [6.07, 6.45) is 0.200. The zero-order chi connectivity index (χ0) is 18.9. The van der Waals surface area contributed by atoms with Gasteiger partial charge in [0.15, 0.2) is 0 Å². The van der Waals surface area contributed by atoms with Gasteiger partial charge in [0.2, 0.25) is 0 Å². The van der Waals surface area contributed by atoms with Crippen LogP contribution in [0, 0.1) is 5.41 Å². The Kier molecular flexibility index (Phi) is 5.08. The van der Waals surface area contributed by atoms with Gasteiger partial charge in [-0.3, -0.25) is 19.4 Å². The van der Waals surface area contributed by atoms with Crippen LogP contribution in [0.1, 0.15) is 32.8 Å². The van der Waals surface area contributed by atoms with Gasteiger partial charge in [-0.2, -0.15) is 0 Å². The summed E-state index contributed by atoms with van der Waals surface area (Å²) in [7, 11) is 1.41. The molecule has 2 fully saturated rings. The quantitative estimate of drug-likeness (QED) is 0.749. The number of nitrogens with zero attached hydrogens (tertiary/aromatic N) is 2. The first-order valence-corrected chi connectivity index (χ1v) is 9.17. The summed E-state index contributed by atoms with van der Waals surface area (Å²) in [5, 5.41) is 0. The van der Waals surface area contributed by atoms with Crippen molar-refractivity contribution in [1.82, 2.24) is 9.80 Å². The van der Waals surface area contributed by atoms with E-state index in [2.05, 4.69) is 21.9 Å². The number of esters is 2. The summed E-state index contributed by atoms with van der Waals surface area (Å²) >= 11 is 0. The second-order valence-electron chi connectivity index (χ2n) is 7.60. The van der Waals surface area contributed by atoms with Crippen LogP contribution >= 0.6 is 0 Å². The van der Waals surface area contributed by atoms with Gasteiger partial charge in [0.1, 0.15) is 5.54 Å². The molecule has 0 saturated carbocycles. The predicted octanol–water partition coefficient (Wildman–Crippen LogP) is 2.04. The first kappa shape index (κ1) is 18.9. The van der Waals surface area contributed by atoms with E-state index in [1.807, 2.05) is 32.0 Å². The van der Waals surface area contributed by atoms with Crippen molar-refractivity contribution in [2.45, 2.75) is 45.4 Å². The summed E-state index contributed by atoms with van der Waals surface area (Å²) in [4.78, 5) is 29.9. The minimum absolute atomic E-state index is 0.190. The number of methoxy groups -OCH3 is 1. The molecule has 6 heteroatoms. The molecule has 0 aliphatic carbocycles. The molecule has 3 unspecified atom stereocenters. The van der Waals surface area contributed by atoms with Crippen molar-refractivity contribution in [2.24, 2.45) is 5.41 Å². The number of rotatable bonds is 5. The van der Waals surface area contributed by atoms with Crippen molar-refractivity contribution >= 4 is 11.9 Å². The molecule has 0 amide bonds. The fraction of sp³-hybridized carbons (Fsp3) is 0.600. The Morgan fingerprint density at radius 3 is 2.46 bits per heavy atom. The van der Waals surface area contributed by atoms with E-state index in [9.17, 15) is 9.59 Å². The normalized spacial score (nSPS) is 31.6. The number of ether oxygens (including phenoxy) is 2. The van der Waals surface area contributed by atoms with E-state index in [4.69, 9.17) is 9.47 Å². The van der Waals surface area contributed by atoms with Gasteiger partial charge in [-0.05, 0) is 32.8 Å². The average Bonchev–Trinajstić information content (AvgIpc) is 3.16. The lowest BCUT2D eigenvalue weighted by Crippen LogP contribution is -2.52. The molecule has 0 bridgehead atoms. The smallest absolute Gasteiger partial charge is 0.326 e. The van der Waals surface area contributed by atoms with Crippen molar-refractivity contribution in [1.29, 1.82) is 0 Å². The standard InChI is InChI=1S/C20H28N2O4/c1-5-26-18(24)20(3)14-19(2,17(23)25-4)16-21(11-12-22(16)20)13-15-9-7-6-8-10-15/h6-10,16H,5,11-14H2,1-4H3. The molecule has 1 aromatic carbocycles. The van der Waals surface area contributed by atoms with Gasteiger partial charge in [0, 0.05) is 19.6 Å². The summed E-state index contributed by atoms with van der Waals surface area (Å²) in [6.45, 7) is 8.17. The molecule has 3 rings (SSSR count). The molecule has 0 N–H and O–H groups in total. The monoisotopic (exact) mass is 360 g/mol. The van der Waals surface area contributed by atoms with Gasteiger partial charge < -0.3 is 9.47 Å². The molecular weight excluding hydrogens is 332 g/mol. The third-order valence-electron chi connectivity index (χ3n) is 5.78. The first-order valence-electron chi connectivity index (χ1n) is 9.17. The Morgan fingerprint density at radius 1 is 1.15 bits per heavy atom. The zero-order valence-electron chi connectivity index (χ0n) is 16.0. The Morgan fingerprint density at radius 2 is 1.85 bits per heavy atom. The topological polar surface area (TPSA) is 59.1 Å². The lowest BCUT2D eigenvalue weighted by Gasteiger charge is -2.35. The van der Waals surface area contributed by atoms with Crippen LogP contribution in [0.2, 0.25) is 0 Å². The van der Waals surface area contributed by atoms with Crippen LogP contribution in [-0.2, 0) is 25.6 Å². The van der Waals surface area contributed by atoms with Gasteiger partial charge in [-0.1, -0.05) is 30.3 Å². The molecule has 26 heavy (non-hydrogen) atoms. The molecule has 0 aromatic heterocycles. The minimum atomic E-state index is -0.824. The molecule has 0 spiro atoms. The van der Waals surface area contributed by atoms with Gasteiger partial charge in [0.05, 0.1) is 25.3 Å².